The van der Waals surface area contributed by atoms with Crippen molar-refractivity contribution < 1.29 is 4.79 Å². The lowest BCUT2D eigenvalue weighted by atomic mass is 10.1. The zero-order valence-corrected chi connectivity index (χ0v) is 14.2. The van der Waals surface area contributed by atoms with Gasteiger partial charge in [-0.05, 0) is 37.0 Å². The molecule has 2 unspecified atom stereocenters. The van der Waals surface area contributed by atoms with Crippen LogP contribution >= 0.6 is 24.0 Å². The van der Waals surface area contributed by atoms with Gasteiger partial charge in [0.15, 0.2) is 0 Å². The molecule has 1 aromatic carbocycles. The summed E-state index contributed by atoms with van der Waals surface area (Å²) >= 11 is 5.89. The highest BCUT2D eigenvalue weighted by Gasteiger charge is 2.28. The number of nitrogens with zero attached hydrogens (tertiary/aromatic N) is 2. The zero-order chi connectivity index (χ0) is 15.5. The number of amides is 1. The molecule has 1 amide bonds. The van der Waals surface area contributed by atoms with E-state index in [4.69, 9.17) is 17.3 Å². The van der Waals surface area contributed by atoms with Crippen molar-refractivity contribution in [3.63, 3.8) is 0 Å². The molecule has 1 fully saturated rings. The van der Waals surface area contributed by atoms with Crippen LogP contribution in [0.5, 0.6) is 0 Å². The fourth-order valence-electron chi connectivity index (χ4n) is 2.81. The Morgan fingerprint density at radius 3 is 2.70 bits per heavy atom. The van der Waals surface area contributed by atoms with Crippen LogP contribution in [0.2, 0.25) is 5.02 Å². The number of aromatic nitrogens is 2. The zero-order valence-electron chi connectivity index (χ0n) is 12.6. The van der Waals surface area contributed by atoms with Crippen LogP contribution in [0.3, 0.4) is 0 Å². The highest BCUT2D eigenvalue weighted by Crippen LogP contribution is 2.25. The summed E-state index contributed by atoms with van der Waals surface area (Å²) < 4.78 is 1.77. The van der Waals surface area contributed by atoms with Crippen LogP contribution in [0.1, 0.15) is 24.8 Å². The van der Waals surface area contributed by atoms with Gasteiger partial charge in [-0.2, -0.15) is 5.10 Å². The molecular formula is C16H20Cl2N4O. The van der Waals surface area contributed by atoms with Gasteiger partial charge in [-0.25, -0.2) is 4.68 Å². The second kappa shape index (κ2) is 7.81. The number of carbonyl (C=O) groups is 1. The Kier molecular flexibility index (Phi) is 6.04. The Labute approximate surface area is 146 Å². The average molecular weight is 355 g/mol. The topological polar surface area (TPSA) is 72.9 Å². The molecule has 1 aromatic heterocycles. The van der Waals surface area contributed by atoms with Crippen LogP contribution in [0.15, 0.2) is 36.5 Å². The SMILES string of the molecule is Cl.NC1CCC(C(=O)Nc2ccnn2Cc2ccc(Cl)cc2)C1. The first kappa shape index (κ1) is 17.8. The van der Waals surface area contributed by atoms with Gasteiger partial charge >= 0.3 is 0 Å². The minimum atomic E-state index is 0. The van der Waals surface area contributed by atoms with Crippen LogP contribution in [0, 0.1) is 5.92 Å². The second-order valence-electron chi connectivity index (χ2n) is 5.76. The molecule has 124 valence electrons. The standard InChI is InChI=1S/C16H19ClN4O.ClH/c17-13-4-1-11(2-5-13)10-21-15(7-8-19-21)20-16(22)12-3-6-14(18)9-12;/h1-2,4-5,7-8,12,14H,3,6,9-10,18H2,(H,20,22);1H. The Hall–Kier alpha value is -1.56. The summed E-state index contributed by atoms with van der Waals surface area (Å²) in [5, 5.41) is 7.94. The van der Waals surface area contributed by atoms with E-state index in [9.17, 15) is 4.79 Å². The summed E-state index contributed by atoms with van der Waals surface area (Å²) in [5.74, 6) is 0.750. The van der Waals surface area contributed by atoms with Gasteiger partial charge < -0.3 is 11.1 Å². The molecule has 3 N–H and O–H groups in total. The van der Waals surface area contributed by atoms with Gasteiger partial charge in [-0.15, -0.1) is 12.4 Å². The van der Waals surface area contributed by atoms with Crippen molar-refractivity contribution in [2.75, 3.05) is 5.32 Å². The fraction of sp³-hybridized carbons (Fsp3) is 0.375. The third-order valence-corrected chi connectivity index (χ3v) is 4.31. The van der Waals surface area contributed by atoms with Crippen molar-refractivity contribution in [2.24, 2.45) is 11.7 Å². The summed E-state index contributed by atoms with van der Waals surface area (Å²) in [7, 11) is 0. The van der Waals surface area contributed by atoms with E-state index in [1.54, 1.807) is 10.9 Å². The van der Waals surface area contributed by atoms with Crippen LogP contribution in [0.25, 0.3) is 0 Å². The van der Waals surface area contributed by atoms with Gasteiger partial charge in [0.1, 0.15) is 5.82 Å². The monoisotopic (exact) mass is 354 g/mol. The Balaban J connectivity index is 0.00000192. The lowest BCUT2D eigenvalue weighted by Gasteiger charge is -2.12. The van der Waals surface area contributed by atoms with Crippen molar-refractivity contribution >= 4 is 35.7 Å². The molecule has 2 atom stereocenters. The number of hydrogen-bond acceptors (Lipinski definition) is 3. The van der Waals surface area contributed by atoms with E-state index in [0.29, 0.717) is 17.4 Å². The normalized spacial score (nSPS) is 20.1. The molecule has 1 aliphatic carbocycles. The van der Waals surface area contributed by atoms with Gasteiger partial charge in [0.05, 0.1) is 12.7 Å². The van der Waals surface area contributed by atoms with Crippen LogP contribution in [-0.4, -0.2) is 21.7 Å². The largest absolute Gasteiger partial charge is 0.328 e. The van der Waals surface area contributed by atoms with Crippen molar-refractivity contribution in [3.8, 4) is 0 Å². The van der Waals surface area contributed by atoms with E-state index < -0.39 is 0 Å². The summed E-state index contributed by atoms with van der Waals surface area (Å²) in [6.07, 6.45) is 4.23. The van der Waals surface area contributed by atoms with Crippen molar-refractivity contribution in [3.05, 3.63) is 47.1 Å². The third kappa shape index (κ3) is 4.47. The Morgan fingerprint density at radius 1 is 1.30 bits per heavy atom. The predicted octanol–water partition coefficient (Wildman–Crippen LogP) is 3.07. The molecule has 2 aromatic rings. The van der Waals surface area contributed by atoms with E-state index in [-0.39, 0.29) is 30.3 Å². The van der Waals surface area contributed by atoms with Crippen molar-refractivity contribution in [1.82, 2.24) is 9.78 Å². The highest BCUT2D eigenvalue weighted by molar-refractivity contribution is 6.30. The molecule has 0 saturated heterocycles. The maximum atomic E-state index is 12.3. The minimum Gasteiger partial charge on any atom is -0.328 e. The lowest BCUT2D eigenvalue weighted by molar-refractivity contribution is -0.119. The van der Waals surface area contributed by atoms with Gasteiger partial charge in [0.25, 0.3) is 0 Å². The number of halogens is 2. The summed E-state index contributed by atoms with van der Waals surface area (Å²) in [5.41, 5.74) is 6.95. The molecule has 1 heterocycles. The maximum Gasteiger partial charge on any atom is 0.228 e. The van der Waals surface area contributed by atoms with E-state index >= 15 is 0 Å². The van der Waals surface area contributed by atoms with Gasteiger partial charge in [0, 0.05) is 23.0 Å². The number of nitrogens with one attached hydrogen (secondary N) is 1. The molecular weight excluding hydrogens is 335 g/mol. The van der Waals surface area contributed by atoms with E-state index in [1.165, 1.54) is 0 Å². The van der Waals surface area contributed by atoms with E-state index in [1.807, 2.05) is 30.3 Å². The summed E-state index contributed by atoms with van der Waals surface area (Å²) in [4.78, 5) is 12.3. The third-order valence-electron chi connectivity index (χ3n) is 4.06. The smallest absolute Gasteiger partial charge is 0.228 e. The first-order valence-corrected chi connectivity index (χ1v) is 7.82. The number of carbonyl (C=O) groups excluding carboxylic acids is 1. The van der Waals surface area contributed by atoms with Gasteiger partial charge in [-0.3, -0.25) is 4.79 Å². The quantitative estimate of drug-likeness (QED) is 0.885. The minimum absolute atomic E-state index is 0. The summed E-state index contributed by atoms with van der Waals surface area (Å²) in [6.45, 7) is 0.587. The first-order valence-electron chi connectivity index (χ1n) is 7.44. The van der Waals surface area contributed by atoms with Crippen LogP contribution in [-0.2, 0) is 11.3 Å². The van der Waals surface area contributed by atoms with Crippen LogP contribution in [0.4, 0.5) is 5.82 Å². The Bertz CT molecular complexity index is 656. The van der Waals surface area contributed by atoms with Crippen LogP contribution < -0.4 is 11.1 Å². The molecule has 5 nitrogen and oxygen atoms in total. The van der Waals surface area contributed by atoms with Gasteiger partial charge in [-0.1, -0.05) is 23.7 Å². The fourth-order valence-corrected chi connectivity index (χ4v) is 2.94. The Morgan fingerprint density at radius 2 is 2.04 bits per heavy atom. The number of benzene rings is 1. The molecule has 1 aliphatic rings. The number of anilines is 1. The molecule has 3 rings (SSSR count). The molecule has 0 bridgehead atoms. The molecule has 0 spiro atoms. The maximum absolute atomic E-state index is 12.3. The number of rotatable bonds is 4. The molecule has 0 radical (unpaired) electrons. The highest BCUT2D eigenvalue weighted by atomic mass is 35.5. The number of nitrogens with two attached hydrogens (primary N) is 1. The summed E-state index contributed by atoms with van der Waals surface area (Å²) in [6, 6.07) is 9.55. The molecule has 0 aliphatic heterocycles. The molecule has 7 heteroatoms. The van der Waals surface area contributed by atoms with E-state index in [0.717, 1.165) is 24.8 Å². The number of hydrogen-bond donors (Lipinski definition) is 2. The molecule has 23 heavy (non-hydrogen) atoms. The van der Waals surface area contributed by atoms with Crippen molar-refractivity contribution in [2.45, 2.75) is 31.8 Å². The lowest BCUT2D eigenvalue weighted by Crippen LogP contribution is -2.24. The van der Waals surface area contributed by atoms with Crippen molar-refractivity contribution in [1.29, 1.82) is 0 Å². The first-order chi connectivity index (χ1) is 10.6. The van der Waals surface area contributed by atoms with Gasteiger partial charge in [0.2, 0.25) is 5.91 Å². The second-order valence-corrected chi connectivity index (χ2v) is 6.20. The predicted molar refractivity (Wildman–Crippen MR) is 94.0 cm³/mol. The van der Waals surface area contributed by atoms with E-state index in [2.05, 4.69) is 10.4 Å². The average Bonchev–Trinajstić information content (AvgIpc) is 3.11. The molecule has 1 saturated carbocycles.